The average molecular weight is 330 g/mol. The molecule has 2 aromatic rings. The number of rotatable bonds is 3. The molecule has 5 heteroatoms. The van der Waals surface area contributed by atoms with Gasteiger partial charge in [0.05, 0.1) is 0 Å². The van der Waals surface area contributed by atoms with Crippen molar-refractivity contribution in [2.24, 2.45) is 0 Å². The monoisotopic (exact) mass is 330 g/mol. The largest absolute Gasteiger partial charge is 0.368 e. The van der Waals surface area contributed by atoms with E-state index in [2.05, 4.69) is 11.0 Å². The number of anilines is 1. The van der Waals surface area contributed by atoms with Gasteiger partial charge in [-0.3, -0.25) is 4.79 Å². The molecule has 3 rings (SSSR count). The molecule has 1 aromatic carbocycles. The lowest BCUT2D eigenvalue weighted by molar-refractivity contribution is -0.126. The first kappa shape index (κ1) is 15.7. The molecule has 1 fully saturated rings. The van der Waals surface area contributed by atoms with E-state index in [4.69, 9.17) is 0 Å². The Bertz CT molecular complexity index is 700. The number of thiophene rings is 1. The van der Waals surface area contributed by atoms with Gasteiger partial charge in [0.1, 0.15) is 5.82 Å². The molecule has 0 aliphatic carbocycles. The van der Waals surface area contributed by atoms with Crippen LogP contribution in [0.5, 0.6) is 0 Å². The zero-order valence-corrected chi connectivity index (χ0v) is 13.9. The minimum absolute atomic E-state index is 0.0524. The quantitative estimate of drug-likeness (QED) is 0.804. The van der Waals surface area contributed by atoms with Crippen LogP contribution in [0.4, 0.5) is 10.1 Å². The predicted molar refractivity (Wildman–Crippen MR) is 93.3 cm³/mol. The highest BCUT2D eigenvalue weighted by atomic mass is 32.1. The smallest absolute Gasteiger partial charge is 0.246 e. The number of amides is 1. The van der Waals surface area contributed by atoms with E-state index < -0.39 is 0 Å². The highest BCUT2D eigenvalue weighted by molar-refractivity contribution is 7.11. The topological polar surface area (TPSA) is 23.6 Å². The van der Waals surface area contributed by atoms with Gasteiger partial charge < -0.3 is 9.80 Å². The third kappa shape index (κ3) is 3.79. The first-order chi connectivity index (χ1) is 11.1. The number of nitrogens with zero attached hydrogens (tertiary/aromatic N) is 2. The van der Waals surface area contributed by atoms with Crippen molar-refractivity contribution in [2.45, 2.75) is 6.92 Å². The molecule has 23 heavy (non-hydrogen) atoms. The number of piperazine rings is 1. The van der Waals surface area contributed by atoms with Crippen molar-refractivity contribution in [3.63, 3.8) is 0 Å². The van der Waals surface area contributed by atoms with Crippen LogP contribution < -0.4 is 4.90 Å². The zero-order chi connectivity index (χ0) is 16.2. The summed E-state index contributed by atoms with van der Waals surface area (Å²) < 4.78 is 13.0. The fourth-order valence-corrected chi connectivity index (χ4v) is 3.46. The Labute approximate surface area is 139 Å². The minimum Gasteiger partial charge on any atom is -0.368 e. The highest BCUT2D eigenvalue weighted by Gasteiger charge is 2.19. The molecule has 1 saturated heterocycles. The summed E-state index contributed by atoms with van der Waals surface area (Å²) in [6.45, 7) is 4.95. The second-order valence-corrected chi connectivity index (χ2v) is 6.54. The van der Waals surface area contributed by atoms with Gasteiger partial charge in [-0.25, -0.2) is 4.39 Å². The van der Waals surface area contributed by atoms with Crippen LogP contribution in [0.3, 0.4) is 0 Å². The number of aryl methyl sites for hydroxylation is 1. The van der Waals surface area contributed by atoms with Crippen LogP contribution in [-0.4, -0.2) is 37.0 Å². The van der Waals surface area contributed by atoms with E-state index in [-0.39, 0.29) is 11.7 Å². The van der Waals surface area contributed by atoms with E-state index in [0.29, 0.717) is 13.1 Å². The van der Waals surface area contributed by atoms with E-state index in [0.717, 1.165) is 23.7 Å². The Morgan fingerprint density at radius 1 is 1.13 bits per heavy atom. The maximum Gasteiger partial charge on any atom is 0.246 e. The maximum atomic E-state index is 13.0. The molecule has 0 radical (unpaired) electrons. The summed E-state index contributed by atoms with van der Waals surface area (Å²) in [7, 11) is 0. The van der Waals surface area contributed by atoms with Gasteiger partial charge in [0.2, 0.25) is 5.91 Å². The molecule has 120 valence electrons. The fraction of sp³-hybridized carbons (Fsp3) is 0.278. The van der Waals surface area contributed by atoms with Crippen LogP contribution in [0.15, 0.2) is 41.8 Å². The van der Waals surface area contributed by atoms with E-state index >= 15 is 0 Å². The van der Waals surface area contributed by atoms with Crippen molar-refractivity contribution in [3.05, 3.63) is 58.0 Å². The molecule has 3 nitrogen and oxygen atoms in total. The van der Waals surface area contributed by atoms with Gasteiger partial charge in [-0.2, -0.15) is 0 Å². The fourth-order valence-electron chi connectivity index (χ4n) is 2.64. The molecular weight excluding hydrogens is 311 g/mol. The Kier molecular flexibility index (Phi) is 4.76. The molecule has 1 amide bonds. The van der Waals surface area contributed by atoms with Gasteiger partial charge in [0, 0.05) is 42.8 Å². The van der Waals surface area contributed by atoms with E-state index in [1.54, 1.807) is 29.5 Å². The molecule has 1 aliphatic rings. The van der Waals surface area contributed by atoms with Crippen molar-refractivity contribution in [2.75, 3.05) is 31.1 Å². The second-order valence-electron chi connectivity index (χ2n) is 5.59. The first-order valence-electron chi connectivity index (χ1n) is 7.65. The molecular formula is C18H19FN2OS. The van der Waals surface area contributed by atoms with Gasteiger partial charge in [-0.05, 0) is 54.3 Å². The van der Waals surface area contributed by atoms with E-state index in [9.17, 15) is 9.18 Å². The van der Waals surface area contributed by atoms with Crippen molar-refractivity contribution in [1.29, 1.82) is 0 Å². The summed E-state index contributed by atoms with van der Waals surface area (Å²) in [4.78, 5) is 17.4. The standard InChI is InChI=1S/C18H19FN2OS/c1-14-8-13-23-17(14)6-7-18(22)21-11-9-20(10-12-21)16-4-2-15(19)3-5-16/h2-8,13H,9-12H2,1H3/b7-6+. The van der Waals surface area contributed by atoms with Crippen molar-refractivity contribution in [1.82, 2.24) is 4.90 Å². The third-order valence-electron chi connectivity index (χ3n) is 4.06. The molecule has 2 heterocycles. The van der Waals surface area contributed by atoms with Crippen molar-refractivity contribution < 1.29 is 9.18 Å². The molecule has 0 spiro atoms. The van der Waals surface area contributed by atoms with E-state index in [1.807, 2.05) is 23.3 Å². The van der Waals surface area contributed by atoms with Gasteiger partial charge in [0.25, 0.3) is 0 Å². The number of benzene rings is 1. The van der Waals surface area contributed by atoms with Crippen molar-refractivity contribution >= 4 is 29.0 Å². The molecule has 0 saturated carbocycles. The van der Waals surface area contributed by atoms with Gasteiger partial charge >= 0.3 is 0 Å². The summed E-state index contributed by atoms with van der Waals surface area (Å²) in [5.41, 5.74) is 2.20. The molecule has 1 aromatic heterocycles. The van der Waals surface area contributed by atoms with E-state index in [1.165, 1.54) is 17.7 Å². The molecule has 0 atom stereocenters. The SMILES string of the molecule is Cc1ccsc1/C=C/C(=O)N1CCN(c2ccc(F)cc2)CC1. The molecule has 0 N–H and O–H groups in total. The molecule has 0 bridgehead atoms. The van der Waals surface area contributed by atoms with Crippen LogP contribution in [0.1, 0.15) is 10.4 Å². The lowest BCUT2D eigenvalue weighted by Gasteiger charge is -2.35. The summed E-state index contributed by atoms with van der Waals surface area (Å²) in [5.74, 6) is -0.173. The average Bonchev–Trinajstić information content (AvgIpc) is 2.99. The predicted octanol–water partition coefficient (Wildman–Crippen LogP) is 3.56. The zero-order valence-electron chi connectivity index (χ0n) is 13.0. The van der Waals surface area contributed by atoms with Crippen LogP contribution in [0, 0.1) is 12.7 Å². The number of hydrogen-bond donors (Lipinski definition) is 0. The highest BCUT2D eigenvalue weighted by Crippen LogP contribution is 2.19. The van der Waals surface area contributed by atoms with Crippen molar-refractivity contribution in [3.8, 4) is 0 Å². The number of halogens is 1. The van der Waals surface area contributed by atoms with Gasteiger partial charge in [0.15, 0.2) is 0 Å². The van der Waals surface area contributed by atoms with Crippen LogP contribution >= 0.6 is 11.3 Å². The van der Waals surface area contributed by atoms with Crippen LogP contribution in [0.2, 0.25) is 0 Å². The summed E-state index contributed by atoms with van der Waals surface area (Å²) in [6.07, 6.45) is 3.56. The van der Waals surface area contributed by atoms with Crippen LogP contribution in [0.25, 0.3) is 6.08 Å². The Hall–Kier alpha value is -2.14. The minimum atomic E-state index is -0.225. The number of hydrogen-bond acceptors (Lipinski definition) is 3. The number of carbonyl (C=O) groups excluding carboxylic acids is 1. The second kappa shape index (κ2) is 6.96. The Morgan fingerprint density at radius 3 is 2.43 bits per heavy atom. The normalized spacial score (nSPS) is 15.4. The van der Waals surface area contributed by atoms with Gasteiger partial charge in [-0.15, -0.1) is 11.3 Å². The van der Waals surface area contributed by atoms with Crippen LogP contribution in [-0.2, 0) is 4.79 Å². The maximum absolute atomic E-state index is 13.0. The molecule has 1 aliphatic heterocycles. The summed E-state index contributed by atoms with van der Waals surface area (Å²) >= 11 is 1.64. The summed E-state index contributed by atoms with van der Waals surface area (Å²) in [5, 5.41) is 2.03. The first-order valence-corrected chi connectivity index (χ1v) is 8.53. The summed E-state index contributed by atoms with van der Waals surface area (Å²) in [6, 6.07) is 8.56. The lowest BCUT2D eigenvalue weighted by atomic mass is 10.2. The van der Waals surface area contributed by atoms with Gasteiger partial charge in [-0.1, -0.05) is 0 Å². The Balaban J connectivity index is 1.56. The number of carbonyl (C=O) groups is 1. The third-order valence-corrected chi connectivity index (χ3v) is 5.05. The lowest BCUT2D eigenvalue weighted by Crippen LogP contribution is -2.48. The Morgan fingerprint density at radius 2 is 1.83 bits per heavy atom. The molecule has 0 unspecified atom stereocenters.